The molecular weight excluding hydrogens is 542 g/mol. The van der Waals surface area contributed by atoms with Crippen LogP contribution in [0, 0.1) is 0 Å². The van der Waals surface area contributed by atoms with Gasteiger partial charge in [0.15, 0.2) is 6.10 Å². The predicted octanol–water partition coefficient (Wildman–Crippen LogP) is 5.26. The van der Waals surface area contributed by atoms with E-state index in [2.05, 4.69) is 37.0 Å². The first-order valence-corrected chi connectivity index (χ1v) is 11.6. The minimum atomic E-state index is -0.800. The highest BCUT2D eigenvalue weighted by Crippen LogP contribution is 2.24. The molecule has 0 N–H and O–H groups in total. The van der Waals surface area contributed by atoms with Crippen LogP contribution in [0.25, 0.3) is 10.9 Å². The third kappa shape index (κ3) is 5.27. The summed E-state index contributed by atoms with van der Waals surface area (Å²) in [5.74, 6) is 0.536. The average Bonchev–Trinajstić information content (AvgIpc) is 2.78. The monoisotopic (exact) mass is 563 g/mol. The zero-order chi connectivity index (χ0) is 23.4. The normalized spacial score (nSPS) is 13.3. The van der Waals surface area contributed by atoms with Crippen LogP contribution < -0.4 is 10.3 Å². The van der Waals surface area contributed by atoms with Crippen molar-refractivity contribution in [2.75, 3.05) is 7.11 Å². The second kappa shape index (κ2) is 10.4. The molecule has 2 aromatic carbocycles. The van der Waals surface area contributed by atoms with Gasteiger partial charge in [-0.2, -0.15) is 9.78 Å². The lowest BCUT2D eigenvalue weighted by Crippen LogP contribution is -2.25. The van der Waals surface area contributed by atoms with Crippen molar-refractivity contribution in [1.29, 1.82) is 0 Å². The van der Waals surface area contributed by atoms with E-state index in [1.54, 1.807) is 31.2 Å². The summed E-state index contributed by atoms with van der Waals surface area (Å²) in [5, 5.41) is 4.95. The summed E-state index contributed by atoms with van der Waals surface area (Å²) in [6.07, 6.45) is 1.53. The lowest BCUT2D eigenvalue weighted by atomic mass is 10.1. The van der Waals surface area contributed by atoms with Crippen LogP contribution in [-0.4, -0.2) is 35.1 Å². The largest absolute Gasteiger partial charge is 0.478 e. The number of rotatable bonds is 7. The van der Waals surface area contributed by atoms with E-state index >= 15 is 0 Å². The molecule has 0 radical (unpaired) electrons. The van der Waals surface area contributed by atoms with Crippen molar-refractivity contribution >= 4 is 54.9 Å². The zero-order valence-electron chi connectivity index (χ0n) is 18.1. The number of methoxy groups -OCH3 is 1. The Hall–Kier alpha value is -2.52. The molecule has 0 saturated carbocycles. The Labute approximate surface area is 202 Å². The van der Waals surface area contributed by atoms with Gasteiger partial charge in [-0.1, -0.05) is 45.7 Å². The number of aromatic nitrogens is 2. The van der Waals surface area contributed by atoms with E-state index in [9.17, 15) is 9.59 Å². The molecule has 3 rings (SSSR count). The highest BCUT2D eigenvalue weighted by atomic mass is 79.9. The lowest BCUT2D eigenvalue weighted by Gasteiger charge is -2.15. The van der Waals surface area contributed by atoms with Crippen molar-refractivity contribution in [1.82, 2.24) is 9.66 Å². The molecular formula is C23H23Br2N3O4. The van der Waals surface area contributed by atoms with E-state index in [-0.39, 0.29) is 11.5 Å². The van der Waals surface area contributed by atoms with Gasteiger partial charge < -0.3 is 9.47 Å². The molecule has 168 valence electrons. The smallest absolute Gasteiger partial charge is 0.346 e. The van der Waals surface area contributed by atoms with E-state index in [4.69, 9.17) is 14.5 Å². The number of benzene rings is 2. The predicted molar refractivity (Wildman–Crippen MR) is 132 cm³/mol. The van der Waals surface area contributed by atoms with Crippen molar-refractivity contribution in [2.24, 2.45) is 5.10 Å². The molecule has 9 heteroatoms. The van der Waals surface area contributed by atoms with Crippen LogP contribution in [0.15, 0.2) is 55.2 Å². The number of nitrogens with zero attached hydrogens (tertiary/aromatic N) is 3. The van der Waals surface area contributed by atoms with E-state index in [1.165, 1.54) is 18.0 Å². The number of fused-ring (bicyclic) bond motifs is 1. The Kier molecular flexibility index (Phi) is 7.84. The van der Waals surface area contributed by atoms with Crippen LogP contribution in [0.4, 0.5) is 0 Å². The van der Waals surface area contributed by atoms with Gasteiger partial charge in [-0.3, -0.25) is 4.79 Å². The summed E-state index contributed by atoms with van der Waals surface area (Å²) in [6, 6.07) is 10.7. The molecule has 3 aromatic rings. The summed E-state index contributed by atoms with van der Waals surface area (Å²) < 4.78 is 13.4. The second-order valence-electron chi connectivity index (χ2n) is 7.27. The van der Waals surface area contributed by atoms with Gasteiger partial charge >= 0.3 is 5.97 Å². The second-order valence-corrected chi connectivity index (χ2v) is 9.10. The Balaban J connectivity index is 2.12. The molecule has 0 amide bonds. The average molecular weight is 565 g/mol. The highest BCUT2D eigenvalue weighted by molar-refractivity contribution is 9.10. The molecule has 0 fully saturated rings. The maximum atomic E-state index is 13.3. The van der Waals surface area contributed by atoms with E-state index < -0.39 is 12.1 Å². The fourth-order valence-electron chi connectivity index (χ4n) is 3.03. The van der Waals surface area contributed by atoms with E-state index in [1.807, 2.05) is 26.0 Å². The van der Waals surface area contributed by atoms with Gasteiger partial charge in [0.2, 0.25) is 0 Å². The van der Waals surface area contributed by atoms with Crippen molar-refractivity contribution in [3.05, 3.63) is 67.1 Å². The third-order valence-corrected chi connectivity index (χ3v) is 5.99. The quantitative estimate of drug-likeness (QED) is 0.289. The van der Waals surface area contributed by atoms with Gasteiger partial charge in [0.25, 0.3) is 5.56 Å². The maximum Gasteiger partial charge on any atom is 0.346 e. The summed E-state index contributed by atoms with van der Waals surface area (Å²) in [6.45, 7) is 5.64. The van der Waals surface area contributed by atoms with Crippen LogP contribution in [0.1, 0.15) is 44.5 Å². The molecule has 1 aromatic heterocycles. The summed E-state index contributed by atoms with van der Waals surface area (Å²) in [5.41, 5.74) is 0.952. The van der Waals surface area contributed by atoms with Gasteiger partial charge in [0.05, 0.1) is 24.2 Å². The van der Waals surface area contributed by atoms with Crippen LogP contribution in [0.3, 0.4) is 0 Å². The maximum absolute atomic E-state index is 13.3. The summed E-state index contributed by atoms with van der Waals surface area (Å²) in [7, 11) is 1.31. The Morgan fingerprint density at radius 1 is 1.19 bits per heavy atom. The molecule has 2 atom stereocenters. The van der Waals surface area contributed by atoms with Gasteiger partial charge in [0, 0.05) is 20.4 Å². The molecule has 0 unspecified atom stereocenters. The number of carbonyl (C=O) groups is 1. The Morgan fingerprint density at radius 2 is 1.88 bits per heavy atom. The number of hydrogen-bond acceptors (Lipinski definition) is 6. The zero-order valence-corrected chi connectivity index (χ0v) is 21.3. The van der Waals surface area contributed by atoms with Crippen molar-refractivity contribution < 1.29 is 14.3 Å². The Morgan fingerprint density at radius 3 is 2.56 bits per heavy atom. The number of esters is 1. The minimum Gasteiger partial charge on any atom is -0.478 e. The molecule has 1 heterocycles. The number of hydrogen-bond donors (Lipinski definition) is 0. The fourth-order valence-corrected chi connectivity index (χ4v) is 3.77. The standard InChI is InChI=1S/C23H23Br2N3O4/c1-5-13(2)21-27-19-8-6-17(25)11-18(19)22(29)28(21)26-12-15-10-16(24)7-9-20(15)32-14(3)23(30)31-4/h6-14H,5H2,1-4H3/t13-,14+/m0/s1. The topological polar surface area (TPSA) is 82.8 Å². The molecule has 0 saturated heterocycles. The highest BCUT2D eigenvalue weighted by Gasteiger charge is 2.18. The van der Waals surface area contributed by atoms with Gasteiger partial charge in [-0.25, -0.2) is 9.78 Å². The SMILES string of the molecule is CC[C@H](C)c1nc2ccc(Br)cc2c(=O)n1N=Cc1cc(Br)ccc1O[C@H](C)C(=O)OC. The fraction of sp³-hybridized carbons (Fsp3) is 0.304. The van der Waals surface area contributed by atoms with Crippen molar-refractivity contribution in [2.45, 2.75) is 39.2 Å². The number of halogens is 2. The van der Waals surface area contributed by atoms with Crippen LogP contribution in [0.2, 0.25) is 0 Å². The molecule has 7 nitrogen and oxygen atoms in total. The van der Waals surface area contributed by atoms with Crippen molar-refractivity contribution in [3.63, 3.8) is 0 Å². The van der Waals surface area contributed by atoms with E-state index in [0.29, 0.717) is 28.0 Å². The summed E-state index contributed by atoms with van der Waals surface area (Å²) >= 11 is 6.85. The number of carbonyl (C=O) groups excluding carboxylic acids is 1. The van der Waals surface area contributed by atoms with Crippen LogP contribution in [-0.2, 0) is 9.53 Å². The van der Waals surface area contributed by atoms with Crippen LogP contribution >= 0.6 is 31.9 Å². The first-order chi connectivity index (χ1) is 15.2. The van der Waals surface area contributed by atoms with Crippen molar-refractivity contribution in [3.8, 4) is 5.75 Å². The van der Waals surface area contributed by atoms with Crippen LogP contribution in [0.5, 0.6) is 5.75 Å². The van der Waals surface area contributed by atoms with E-state index in [0.717, 1.165) is 15.4 Å². The summed E-state index contributed by atoms with van der Waals surface area (Å²) in [4.78, 5) is 29.8. The molecule has 0 aliphatic rings. The van der Waals surface area contributed by atoms with Gasteiger partial charge in [-0.05, 0) is 49.7 Å². The Bertz CT molecular complexity index is 1240. The third-order valence-electron chi connectivity index (χ3n) is 5.01. The molecule has 0 spiro atoms. The lowest BCUT2D eigenvalue weighted by molar-refractivity contribution is -0.147. The molecule has 32 heavy (non-hydrogen) atoms. The molecule has 0 aliphatic carbocycles. The minimum absolute atomic E-state index is 0.0190. The number of ether oxygens (including phenoxy) is 2. The first kappa shape index (κ1) is 24.1. The van der Waals surface area contributed by atoms with Gasteiger partial charge in [0.1, 0.15) is 11.6 Å². The molecule has 0 bridgehead atoms. The molecule has 0 aliphatic heterocycles. The van der Waals surface area contributed by atoms with Gasteiger partial charge in [-0.15, -0.1) is 0 Å². The first-order valence-electron chi connectivity index (χ1n) is 10.1.